The molecule has 5 amide bonds. The molecular weight excluding hydrogens is 797 g/mol. The van der Waals surface area contributed by atoms with Gasteiger partial charge in [-0.2, -0.15) is 17.8 Å². The minimum Gasteiger partial charge on any atom is -0.342 e. The molecule has 6 aliphatic rings. The van der Waals surface area contributed by atoms with E-state index in [1.165, 1.54) is 8.99 Å². The van der Waals surface area contributed by atoms with Crippen LogP contribution >= 0.6 is 0 Å². The van der Waals surface area contributed by atoms with Crippen LogP contribution in [-0.2, 0) is 41.9 Å². The molecule has 61 heavy (non-hydrogen) atoms. The van der Waals surface area contributed by atoms with Crippen molar-refractivity contribution in [2.45, 2.75) is 162 Å². The van der Waals surface area contributed by atoms with Crippen molar-refractivity contribution in [3.05, 3.63) is 30.1 Å². The molecule has 0 radical (unpaired) electrons. The van der Waals surface area contributed by atoms with Crippen molar-refractivity contribution < 1.29 is 32.4 Å². The Hall–Kier alpha value is -3.79. The molecule has 7 rings (SSSR count). The second kappa shape index (κ2) is 15.5. The van der Waals surface area contributed by atoms with E-state index in [0.717, 1.165) is 57.1 Å². The lowest BCUT2D eigenvalue weighted by atomic mass is 9.73. The zero-order chi connectivity index (χ0) is 44.7. The second-order valence-corrected chi connectivity index (χ2v) is 23.5. The molecule has 6 fully saturated rings. The van der Waals surface area contributed by atoms with Crippen LogP contribution in [0.25, 0.3) is 0 Å². The molecule has 16 heteroatoms. The highest BCUT2D eigenvalue weighted by Crippen LogP contribution is 2.88. The summed E-state index contributed by atoms with van der Waals surface area (Å²) in [6.07, 6.45) is 11.0. The van der Waals surface area contributed by atoms with Gasteiger partial charge in [0.2, 0.25) is 17.7 Å². The summed E-state index contributed by atoms with van der Waals surface area (Å²) in [5, 5.41) is 13.7. The zero-order valence-electron chi connectivity index (χ0n) is 37.9. The largest absolute Gasteiger partial charge is 0.342 e. The fourth-order valence-electron chi connectivity index (χ4n) is 11.8. The highest BCUT2D eigenvalue weighted by Gasteiger charge is 2.85. The number of likely N-dealkylation sites (tertiary alicyclic amines) is 1. The third-order valence-corrected chi connectivity index (χ3v) is 17.5. The topological polar surface area (TPSA) is 192 Å². The van der Waals surface area contributed by atoms with Crippen molar-refractivity contribution in [3.8, 4) is 0 Å². The summed E-state index contributed by atoms with van der Waals surface area (Å²) in [6.45, 7) is 20.9. The summed E-state index contributed by atoms with van der Waals surface area (Å²) < 4.78 is 31.4. The van der Waals surface area contributed by atoms with Gasteiger partial charge in [0, 0.05) is 43.4 Å². The molecule has 15 nitrogen and oxygen atoms in total. The Balaban J connectivity index is 1.16. The molecule has 1 aromatic rings. The van der Waals surface area contributed by atoms with Crippen LogP contribution in [0.3, 0.4) is 0 Å². The lowest BCUT2D eigenvalue weighted by molar-refractivity contribution is -0.145. The molecule has 4 saturated carbocycles. The van der Waals surface area contributed by atoms with E-state index < -0.39 is 74.7 Å². The van der Waals surface area contributed by atoms with Gasteiger partial charge in [-0.15, -0.1) is 6.58 Å². The SMILES string of the molecule is C=C[C@@H]1C[C@]1(NC(=O)[C@@H]1C[C@@]2(CN1C(=O)[C@@H](NC(=O)C(NC(=O)c1cc(C(C)(C)C)nn1C)C1CCCCC1)C(C)(C)C)C(C)(C)C21CCC1)C(=O)NS(=O)(=O)N1CCCC1. The molecule has 338 valence electrons. The molecular formula is C45H70N8O7S. The minimum absolute atomic E-state index is 0.0366. The smallest absolute Gasteiger partial charge is 0.303 e. The fraction of sp³-hybridized carbons (Fsp3) is 0.778. The Morgan fingerprint density at radius 2 is 1.54 bits per heavy atom. The molecule has 0 aromatic carbocycles. The maximum atomic E-state index is 15.3. The summed E-state index contributed by atoms with van der Waals surface area (Å²) in [7, 11) is -2.41. The highest BCUT2D eigenvalue weighted by atomic mass is 32.2. The quantitative estimate of drug-likeness (QED) is 0.224. The first-order valence-electron chi connectivity index (χ1n) is 22.6. The van der Waals surface area contributed by atoms with Crippen LogP contribution in [0.15, 0.2) is 18.7 Å². The van der Waals surface area contributed by atoms with Crippen LogP contribution in [0, 0.1) is 33.5 Å². The number of hydrogen-bond acceptors (Lipinski definition) is 8. The van der Waals surface area contributed by atoms with Crippen LogP contribution in [-0.4, -0.2) is 100 Å². The molecule has 1 aromatic heterocycles. The lowest BCUT2D eigenvalue weighted by Gasteiger charge is -2.38. The molecule has 2 aliphatic heterocycles. The van der Waals surface area contributed by atoms with Crippen LogP contribution in [0.5, 0.6) is 0 Å². The third kappa shape index (κ3) is 7.62. The molecule has 4 N–H and O–H groups in total. The molecule has 2 saturated heterocycles. The summed E-state index contributed by atoms with van der Waals surface area (Å²) in [5.41, 5.74) is -2.10. The number of aromatic nitrogens is 2. The fourth-order valence-corrected chi connectivity index (χ4v) is 13.1. The van der Waals surface area contributed by atoms with Gasteiger partial charge in [-0.05, 0) is 79.6 Å². The van der Waals surface area contributed by atoms with E-state index in [0.29, 0.717) is 44.6 Å². The predicted molar refractivity (Wildman–Crippen MR) is 231 cm³/mol. The number of aryl methyl sites for hydroxylation is 1. The van der Waals surface area contributed by atoms with Gasteiger partial charge in [0.1, 0.15) is 29.4 Å². The van der Waals surface area contributed by atoms with E-state index in [-0.39, 0.29) is 34.0 Å². The standard InChI is InChI=1S/C45H70N8O7S/c1-11-29-25-45(29,39(58)50-61(59,60)52-22-15-16-23-52)48-36(55)31-26-44(42(8,9)43(44)20-17-21-43)27-53(31)38(57)34(41(5,6)7)47-37(56)33(28-18-13-12-14-19-28)46-35(54)30-24-32(40(2,3)4)49-51(30)10/h11,24,28-29,31,33-34H,1,12-23,25-27H2,2-10H3,(H,46,54)(H,47,56)(H,48,55)(H,50,58)/t29-,31+,33?,34-,44-,45-/m1/s1. The van der Waals surface area contributed by atoms with Gasteiger partial charge in [-0.25, -0.2) is 4.72 Å². The molecule has 2 spiro atoms. The van der Waals surface area contributed by atoms with Crippen LogP contribution in [0.2, 0.25) is 0 Å². The van der Waals surface area contributed by atoms with E-state index in [1.54, 1.807) is 24.1 Å². The number of nitrogens with one attached hydrogen (secondary N) is 4. The van der Waals surface area contributed by atoms with Crippen LogP contribution in [0.4, 0.5) is 0 Å². The summed E-state index contributed by atoms with van der Waals surface area (Å²) >= 11 is 0. The number of nitrogens with zero attached hydrogens (tertiary/aromatic N) is 4. The lowest BCUT2D eigenvalue weighted by Crippen LogP contribution is -2.62. The van der Waals surface area contributed by atoms with Gasteiger partial charge < -0.3 is 20.9 Å². The van der Waals surface area contributed by atoms with Crippen molar-refractivity contribution in [3.63, 3.8) is 0 Å². The number of carbonyl (C=O) groups excluding carboxylic acids is 5. The predicted octanol–water partition coefficient (Wildman–Crippen LogP) is 4.24. The summed E-state index contributed by atoms with van der Waals surface area (Å²) in [6, 6.07) is -1.20. The Labute approximate surface area is 362 Å². The first-order chi connectivity index (χ1) is 28.4. The molecule has 3 heterocycles. The van der Waals surface area contributed by atoms with Crippen molar-refractivity contribution in [1.82, 2.24) is 39.7 Å². The number of fused-ring (bicyclic) bond motifs is 1. The van der Waals surface area contributed by atoms with E-state index in [4.69, 9.17) is 0 Å². The van der Waals surface area contributed by atoms with Gasteiger partial charge in [-0.1, -0.05) is 87.1 Å². The normalized spacial score (nSPS) is 29.4. The number of hydrogen-bond donors (Lipinski definition) is 4. The minimum atomic E-state index is -4.12. The van der Waals surface area contributed by atoms with Crippen molar-refractivity contribution in [1.29, 1.82) is 0 Å². The Morgan fingerprint density at radius 1 is 0.902 bits per heavy atom. The van der Waals surface area contributed by atoms with Crippen molar-refractivity contribution >= 4 is 39.7 Å². The van der Waals surface area contributed by atoms with Gasteiger partial charge in [0.25, 0.3) is 11.8 Å². The first kappa shape index (κ1) is 45.2. The Kier molecular flexibility index (Phi) is 11.5. The first-order valence-corrected chi connectivity index (χ1v) is 24.0. The van der Waals surface area contributed by atoms with Gasteiger partial charge >= 0.3 is 10.2 Å². The second-order valence-electron chi connectivity index (χ2n) is 21.8. The van der Waals surface area contributed by atoms with E-state index >= 15 is 4.79 Å². The van der Waals surface area contributed by atoms with Gasteiger partial charge in [0.15, 0.2) is 0 Å². The Bertz CT molecular complexity index is 2070. The molecule has 0 bridgehead atoms. The number of carbonyl (C=O) groups is 5. The number of amides is 5. The maximum Gasteiger partial charge on any atom is 0.303 e. The van der Waals surface area contributed by atoms with Crippen molar-refractivity contribution in [2.75, 3.05) is 19.6 Å². The summed E-state index contributed by atoms with van der Waals surface area (Å²) in [4.78, 5) is 74.2. The van der Waals surface area contributed by atoms with Gasteiger partial charge in [-0.3, -0.25) is 28.7 Å². The average molecular weight is 867 g/mol. The Morgan fingerprint density at radius 3 is 2.05 bits per heavy atom. The maximum absolute atomic E-state index is 15.3. The average Bonchev–Trinajstić information content (AvgIpc) is 3.56. The zero-order valence-corrected chi connectivity index (χ0v) is 38.7. The van der Waals surface area contributed by atoms with E-state index in [9.17, 15) is 27.6 Å². The van der Waals surface area contributed by atoms with Gasteiger partial charge in [0.05, 0.1) is 5.69 Å². The highest BCUT2D eigenvalue weighted by molar-refractivity contribution is 7.87. The monoisotopic (exact) mass is 867 g/mol. The third-order valence-electron chi connectivity index (χ3n) is 16.0. The van der Waals surface area contributed by atoms with E-state index in [2.05, 4.69) is 46.2 Å². The van der Waals surface area contributed by atoms with Crippen molar-refractivity contribution in [2.24, 2.45) is 40.5 Å². The summed E-state index contributed by atoms with van der Waals surface area (Å²) in [5.74, 6) is -3.27. The molecule has 4 aliphatic carbocycles. The van der Waals surface area contributed by atoms with Crippen LogP contribution < -0.4 is 20.7 Å². The number of rotatable bonds is 12. The molecule has 1 unspecified atom stereocenters. The molecule has 6 atom stereocenters. The van der Waals surface area contributed by atoms with E-state index in [1.807, 2.05) is 41.5 Å². The van der Waals surface area contributed by atoms with Crippen LogP contribution in [0.1, 0.15) is 149 Å².